The van der Waals surface area contributed by atoms with E-state index in [1.165, 1.54) is 43.3 Å². The number of anilines is 1. The minimum absolute atomic E-state index is 0.139. The van der Waals surface area contributed by atoms with Crippen molar-refractivity contribution in [3.63, 3.8) is 0 Å². The number of ether oxygens (including phenoxy) is 1. The van der Waals surface area contributed by atoms with Gasteiger partial charge in [-0.3, -0.25) is 4.79 Å². The van der Waals surface area contributed by atoms with Crippen LogP contribution in [-0.2, 0) is 19.6 Å². The molecule has 0 aliphatic rings. The number of amides is 1. The third kappa shape index (κ3) is 5.02. The number of primary sulfonamides is 1. The number of esters is 1. The average Bonchev–Trinajstić information content (AvgIpc) is 2.54. The lowest BCUT2D eigenvalue weighted by Crippen LogP contribution is -2.30. The van der Waals surface area contributed by atoms with E-state index in [4.69, 9.17) is 21.5 Å². The number of nitrogens with one attached hydrogen (secondary N) is 1. The zero-order valence-corrected chi connectivity index (χ0v) is 14.7. The Morgan fingerprint density at radius 1 is 1.16 bits per heavy atom. The monoisotopic (exact) mass is 382 g/mol. The number of hydrogen-bond donors (Lipinski definition) is 2. The average molecular weight is 383 g/mol. The number of carbonyl (C=O) groups is 2. The Kier molecular flexibility index (Phi) is 5.78. The highest BCUT2D eigenvalue weighted by Crippen LogP contribution is 2.18. The number of hydrogen-bond acceptors (Lipinski definition) is 5. The lowest BCUT2D eigenvalue weighted by molar-refractivity contribution is -0.123. The highest BCUT2D eigenvalue weighted by Gasteiger charge is 2.21. The summed E-state index contributed by atoms with van der Waals surface area (Å²) in [5, 5.41) is 7.70. The van der Waals surface area contributed by atoms with Crippen LogP contribution in [0.2, 0.25) is 5.02 Å². The number of sulfonamides is 1. The van der Waals surface area contributed by atoms with Crippen LogP contribution in [0.15, 0.2) is 53.4 Å². The van der Waals surface area contributed by atoms with Crippen molar-refractivity contribution < 1.29 is 22.7 Å². The van der Waals surface area contributed by atoms with Crippen LogP contribution in [0.25, 0.3) is 0 Å². The fourth-order valence-corrected chi connectivity index (χ4v) is 2.67. The number of benzene rings is 2. The molecule has 0 radical (unpaired) electrons. The van der Waals surface area contributed by atoms with Gasteiger partial charge in [-0.2, -0.15) is 0 Å². The standard InChI is InChI=1S/C16H15ClN2O5S/c1-10(24-16(21)13-7-2-3-8-14(13)17)15(20)19-11-5-4-6-12(9-11)25(18,22)23/h2-10H,1H3,(H,19,20)(H2,18,22,23). The fourth-order valence-electron chi connectivity index (χ4n) is 1.90. The molecule has 9 heteroatoms. The predicted octanol–water partition coefficient (Wildman–Crippen LogP) is 2.17. The summed E-state index contributed by atoms with van der Waals surface area (Å²) in [6.07, 6.45) is -1.12. The number of carbonyl (C=O) groups excluding carboxylic acids is 2. The molecule has 3 N–H and O–H groups in total. The molecule has 0 saturated heterocycles. The van der Waals surface area contributed by atoms with Gasteiger partial charge in [-0.15, -0.1) is 0 Å². The molecule has 1 amide bonds. The molecule has 0 aliphatic carbocycles. The molecule has 0 saturated carbocycles. The second-order valence-corrected chi connectivity index (χ2v) is 7.06. The summed E-state index contributed by atoms with van der Waals surface area (Å²) in [4.78, 5) is 24.0. The molecule has 2 aromatic rings. The van der Waals surface area contributed by atoms with Crippen molar-refractivity contribution in [1.29, 1.82) is 0 Å². The maximum atomic E-state index is 12.1. The van der Waals surface area contributed by atoms with Crippen LogP contribution in [-0.4, -0.2) is 26.4 Å². The van der Waals surface area contributed by atoms with E-state index in [1.54, 1.807) is 12.1 Å². The van der Waals surface area contributed by atoms with E-state index in [1.807, 2.05) is 0 Å². The Labute approximate surface area is 149 Å². The lowest BCUT2D eigenvalue weighted by atomic mass is 10.2. The van der Waals surface area contributed by atoms with E-state index in [-0.39, 0.29) is 21.2 Å². The molecule has 0 bridgehead atoms. The van der Waals surface area contributed by atoms with E-state index in [9.17, 15) is 18.0 Å². The molecule has 0 fully saturated rings. The van der Waals surface area contributed by atoms with Crippen molar-refractivity contribution in [3.05, 3.63) is 59.1 Å². The molecule has 0 aromatic heterocycles. The molecular weight excluding hydrogens is 368 g/mol. The molecule has 7 nitrogen and oxygen atoms in total. The molecule has 25 heavy (non-hydrogen) atoms. The van der Waals surface area contributed by atoms with Crippen molar-refractivity contribution in [2.75, 3.05) is 5.32 Å². The third-order valence-corrected chi connectivity index (χ3v) is 4.42. The van der Waals surface area contributed by atoms with Gasteiger partial charge in [0, 0.05) is 5.69 Å². The zero-order chi connectivity index (χ0) is 18.6. The minimum atomic E-state index is -3.89. The van der Waals surface area contributed by atoms with E-state index >= 15 is 0 Å². The molecule has 1 unspecified atom stereocenters. The van der Waals surface area contributed by atoms with Crippen molar-refractivity contribution in [2.45, 2.75) is 17.9 Å². The van der Waals surface area contributed by atoms with Crippen LogP contribution in [0.3, 0.4) is 0 Å². The third-order valence-electron chi connectivity index (χ3n) is 3.18. The van der Waals surface area contributed by atoms with E-state index < -0.39 is 28.0 Å². The smallest absolute Gasteiger partial charge is 0.340 e. The summed E-state index contributed by atoms with van der Waals surface area (Å²) in [5.74, 6) is -1.38. The molecule has 0 spiro atoms. The maximum absolute atomic E-state index is 12.1. The summed E-state index contributed by atoms with van der Waals surface area (Å²) in [7, 11) is -3.89. The Morgan fingerprint density at radius 2 is 1.84 bits per heavy atom. The van der Waals surface area contributed by atoms with Crippen LogP contribution < -0.4 is 10.5 Å². The van der Waals surface area contributed by atoms with Crippen LogP contribution in [0, 0.1) is 0 Å². The summed E-state index contributed by atoms with van der Waals surface area (Å²) in [5.41, 5.74) is 0.345. The molecule has 2 aromatic carbocycles. The van der Waals surface area contributed by atoms with E-state index in [0.29, 0.717) is 0 Å². The molecule has 1 atom stereocenters. The molecule has 2 rings (SSSR count). The first-order valence-corrected chi connectivity index (χ1v) is 9.00. The highest BCUT2D eigenvalue weighted by molar-refractivity contribution is 7.89. The van der Waals surface area contributed by atoms with Gasteiger partial charge < -0.3 is 10.1 Å². The van der Waals surface area contributed by atoms with E-state index in [2.05, 4.69) is 5.32 Å². The Morgan fingerprint density at radius 3 is 2.48 bits per heavy atom. The largest absolute Gasteiger partial charge is 0.449 e. The first kappa shape index (κ1) is 18.9. The molecule has 0 aliphatic heterocycles. The van der Waals surface area contributed by atoms with Crippen molar-refractivity contribution in [3.8, 4) is 0 Å². The summed E-state index contributed by atoms with van der Waals surface area (Å²) in [6.45, 7) is 1.38. The minimum Gasteiger partial charge on any atom is -0.449 e. The first-order chi connectivity index (χ1) is 11.7. The Balaban J connectivity index is 2.06. The fraction of sp³-hybridized carbons (Fsp3) is 0.125. The Hall–Kier alpha value is -2.42. The van der Waals surface area contributed by atoms with Gasteiger partial charge in [0.05, 0.1) is 15.5 Å². The van der Waals surface area contributed by atoms with E-state index in [0.717, 1.165) is 0 Å². The SMILES string of the molecule is CC(OC(=O)c1ccccc1Cl)C(=O)Nc1cccc(S(N)(=O)=O)c1. The maximum Gasteiger partial charge on any atom is 0.340 e. The zero-order valence-electron chi connectivity index (χ0n) is 13.1. The van der Waals surface area contributed by atoms with Crippen LogP contribution in [0.4, 0.5) is 5.69 Å². The summed E-state index contributed by atoms with van der Waals surface area (Å²) in [6, 6.07) is 11.7. The topological polar surface area (TPSA) is 116 Å². The normalized spacial score (nSPS) is 12.3. The van der Waals surface area contributed by atoms with Gasteiger partial charge in [-0.25, -0.2) is 18.4 Å². The molecular formula is C16H15ClN2O5S. The lowest BCUT2D eigenvalue weighted by Gasteiger charge is -2.14. The quantitative estimate of drug-likeness (QED) is 0.769. The second kappa shape index (κ2) is 7.64. The highest BCUT2D eigenvalue weighted by atomic mass is 35.5. The van der Waals surface area contributed by atoms with Crippen molar-refractivity contribution >= 4 is 39.2 Å². The van der Waals surface area contributed by atoms with Gasteiger partial charge in [-0.1, -0.05) is 29.8 Å². The first-order valence-electron chi connectivity index (χ1n) is 7.07. The number of rotatable bonds is 5. The molecule has 0 heterocycles. The number of nitrogens with two attached hydrogens (primary N) is 1. The summed E-state index contributed by atoms with van der Waals surface area (Å²) < 4.78 is 27.7. The van der Waals surface area contributed by atoms with Gasteiger partial charge in [-0.05, 0) is 37.3 Å². The second-order valence-electron chi connectivity index (χ2n) is 5.09. The number of halogens is 1. The van der Waals surface area contributed by atoms with Crippen LogP contribution in [0.5, 0.6) is 0 Å². The van der Waals surface area contributed by atoms with Crippen molar-refractivity contribution in [2.24, 2.45) is 5.14 Å². The van der Waals surface area contributed by atoms with Gasteiger partial charge in [0.25, 0.3) is 5.91 Å². The van der Waals surface area contributed by atoms with Gasteiger partial charge in [0.15, 0.2) is 6.10 Å². The van der Waals surface area contributed by atoms with Crippen LogP contribution in [0.1, 0.15) is 17.3 Å². The van der Waals surface area contributed by atoms with Gasteiger partial charge in [0.2, 0.25) is 10.0 Å². The molecule has 132 valence electrons. The van der Waals surface area contributed by atoms with Crippen molar-refractivity contribution in [1.82, 2.24) is 0 Å². The predicted molar refractivity (Wildman–Crippen MR) is 92.8 cm³/mol. The summed E-state index contributed by atoms with van der Waals surface area (Å²) >= 11 is 5.90. The van der Waals surface area contributed by atoms with Crippen LogP contribution >= 0.6 is 11.6 Å². The van der Waals surface area contributed by atoms with Gasteiger partial charge >= 0.3 is 5.97 Å². The Bertz CT molecular complexity index is 914. The van der Waals surface area contributed by atoms with Gasteiger partial charge in [0.1, 0.15) is 0 Å².